The van der Waals surface area contributed by atoms with Gasteiger partial charge in [0.2, 0.25) is 0 Å². The van der Waals surface area contributed by atoms with Crippen molar-refractivity contribution < 1.29 is 0 Å². The Morgan fingerprint density at radius 1 is 1.10 bits per heavy atom. The van der Waals surface area contributed by atoms with E-state index in [4.69, 9.17) is 0 Å². The zero-order chi connectivity index (χ0) is 16.1. The van der Waals surface area contributed by atoms with Crippen LogP contribution in [-0.4, -0.2) is 0 Å². The molecule has 0 spiro atoms. The van der Waals surface area contributed by atoms with Gasteiger partial charge in [-0.15, -0.1) is 0 Å². The molecule has 0 amide bonds. The molecule has 0 saturated carbocycles. The van der Waals surface area contributed by atoms with E-state index in [0.717, 1.165) is 17.8 Å². The zero-order valence-corrected chi connectivity index (χ0v) is 13.8. The lowest BCUT2D eigenvalue weighted by Crippen LogP contribution is -1.93. The summed E-state index contributed by atoms with van der Waals surface area (Å²) < 4.78 is 0. The van der Waals surface area contributed by atoms with Gasteiger partial charge in [-0.2, -0.15) is 0 Å². The Morgan fingerprint density at radius 2 is 1.71 bits per heavy atom. The highest BCUT2D eigenvalue weighted by Gasteiger charge is 1.90. The molecule has 0 bridgehead atoms. The minimum absolute atomic E-state index is 0.818. The van der Waals surface area contributed by atoms with Crippen molar-refractivity contribution in [2.75, 3.05) is 5.32 Å². The molecule has 21 heavy (non-hydrogen) atoms. The van der Waals surface area contributed by atoms with E-state index in [0.29, 0.717) is 0 Å². The van der Waals surface area contributed by atoms with E-state index in [2.05, 4.69) is 64.0 Å². The van der Waals surface area contributed by atoms with Crippen LogP contribution >= 0.6 is 0 Å². The van der Waals surface area contributed by atoms with E-state index in [1.165, 1.54) is 24.0 Å². The summed E-state index contributed by atoms with van der Waals surface area (Å²) in [6.45, 7) is 17.5. The zero-order valence-electron chi connectivity index (χ0n) is 13.8. The van der Waals surface area contributed by atoms with Gasteiger partial charge < -0.3 is 5.32 Å². The summed E-state index contributed by atoms with van der Waals surface area (Å²) in [6.07, 6.45) is 9.43. The fourth-order valence-corrected chi connectivity index (χ4v) is 1.58. The van der Waals surface area contributed by atoms with Crippen LogP contribution in [-0.2, 0) is 0 Å². The van der Waals surface area contributed by atoms with Gasteiger partial charge in [0.25, 0.3) is 0 Å². The van der Waals surface area contributed by atoms with Crippen LogP contribution in [0.1, 0.15) is 38.7 Å². The third-order valence-electron chi connectivity index (χ3n) is 2.97. The van der Waals surface area contributed by atoms with Crippen molar-refractivity contribution in [1.82, 2.24) is 0 Å². The Bertz CT molecular complexity index is 463. The molecule has 1 aromatic rings. The number of rotatable bonds is 7. The summed E-state index contributed by atoms with van der Waals surface area (Å²) in [5, 5.41) is 3.11. The van der Waals surface area contributed by atoms with Crippen molar-refractivity contribution in [2.24, 2.45) is 0 Å². The van der Waals surface area contributed by atoms with Gasteiger partial charge in [-0.1, -0.05) is 75.4 Å². The number of nitrogens with one attached hydrogen (secondary N) is 1. The van der Waals surface area contributed by atoms with Crippen molar-refractivity contribution >= 4 is 5.69 Å². The highest BCUT2D eigenvalue weighted by Crippen LogP contribution is 2.10. The normalized spacial score (nSPS) is 10.1. The van der Waals surface area contributed by atoms with Crippen molar-refractivity contribution in [1.29, 1.82) is 0 Å². The minimum atomic E-state index is 0.818. The molecule has 0 aromatic heterocycles. The molecule has 0 radical (unpaired) electrons. The third-order valence-corrected chi connectivity index (χ3v) is 2.97. The molecule has 1 rings (SSSR count). The first-order chi connectivity index (χ1) is 10.1. The van der Waals surface area contributed by atoms with E-state index in [9.17, 15) is 0 Å². The van der Waals surface area contributed by atoms with E-state index in [1.54, 1.807) is 6.08 Å². The van der Waals surface area contributed by atoms with E-state index in [-0.39, 0.29) is 0 Å². The van der Waals surface area contributed by atoms with Gasteiger partial charge in [0.15, 0.2) is 0 Å². The predicted molar refractivity (Wildman–Crippen MR) is 97.6 cm³/mol. The van der Waals surface area contributed by atoms with Crippen LogP contribution in [0.4, 0.5) is 5.69 Å². The highest BCUT2D eigenvalue weighted by molar-refractivity contribution is 5.50. The number of anilines is 1. The van der Waals surface area contributed by atoms with Crippen LogP contribution in [0.25, 0.3) is 0 Å². The molecule has 1 nitrogen and oxygen atoms in total. The predicted octanol–water partition coefficient (Wildman–Crippen LogP) is 6.42. The monoisotopic (exact) mass is 283 g/mol. The molecule has 114 valence electrons. The Morgan fingerprint density at radius 3 is 2.14 bits per heavy atom. The Balaban J connectivity index is 0.000000400. The number of benzene rings is 1. The molecule has 0 atom stereocenters. The second kappa shape index (κ2) is 11.8. The average Bonchev–Trinajstić information content (AvgIpc) is 2.51. The summed E-state index contributed by atoms with van der Waals surface area (Å²) in [4.78, 5) is 0. The first kappa shape index (κ1) is 19.0. The number of unbranched alkanes of at least 4 members (excludes halogenated alkanes) is 1. The third kappa shape index (κ3) is 9.50. The van der Waals surface area contributed by atoms with Gasteiger partial charge in [0.05, 0.1) is 0 Å². The Hall–Kier alpha value is -2.02. The van der Waals surface area contributed by atoms with E-state index < -0.39 is 0 Å². The van der Waals surface area contributed by atoms with Crippen LogP contribution in [0.5, 0.6) is 0 Å². The second-order valence-electron chi connectivity index (χ2n) is 4.85. The number of hydrogen-bond donors (Lipinski definition) is 1. The smallest absolute Gasteiger partial charge is 0.0384 e. The molecular weight excluding hydrogens is 254 g/mol. The van der Waals surface area contributed by atoms with Gasteiger partial charge >= 0.3 is 0 Å². The summed E-state index contributed by atoms with van der Waals surface area (Å²) in [5.41, 5.74) is 4.49. The van der Waals surface area contributed by atoms with Crippen molar-refractivity contribution in [3.8, 4) is 0 Å². The van der Waals surface area contributed by atoms with Crippen molar-refractivity contribution in [2.45, 2.75) is 40.0 Å². The SMILES string of the molecule is C=C/C(=C\CCC)CC.C=CC(=C)Nc1ccc(C)cc1. The van der Waals surface area contributed by atoms with Gasteiger partial charge in [-0.05, 0) is 38.0 Å². The van der Waals surface area contributed by atoms with Crippen molar-refractivity contribution in [3.05, 3.63) is 79.1 Å². The van der Waals surface area contributed by atoms with Crippen LogP contribution in [0.2, 0.25) is 0 Å². The Kier molecular flexibility index (Phi) is 10.6. The van der Waals surface area contributed by atoms with Crippen LogP contribution in [0.15, 0.2) is 73.5 Å². The molecule has 0 aliphatic rings. The quantitative estimate of drug-likeness (QED) is 0.570. The molecule has 0 aliphatic heterocycles. The second-order valence-corrected chi connectivity index (χ2v) is 4.85. The van der Waals surface area contributed by atoms with Crippen LogP contribution in [0, 0.1) is 6.92 Å². The van der Waals surface area contributed by atoms with Crippen molar-refractivity contribution in [3.63, 3.8) is 0 Å². The van der Waals surface area contributed by atoms with E-state index in [1.807, 2.05) is 18.2 Å². The lowest BCUT2D eigenvalue weighted by atomic mass is 10.1. The van der Waals surface area contributed by atoms with Gasteiger partial charge in [-0.3, -0.25) is 0 Å². The van der Waals surface area contributed by atoms with Gasteiger partial charge in [-0.25, -0.2) is 0 Å². The molecule has 1 heteroatoms. The first-order valence-electron chi connectivity index (χ1n) is 7.53. The maximum atomic E-state index is 3.76. The van der Waals surface area contributed by atoms with Gasteiger partial charge in [0.1, 0.15) is 0 Å². The maximum absolute atomic E-state index is 3.76. The maximum Gasteiger partial charge on any atom is 0.0384 e. The molecular formula is C20H29N. The summed E-state index contributed by atoms with van der Waals surface area (Å²) >= 11 is 0. The standard InChI is InChI=1S/C11H13N.C9H16/c1-4-10(3)12-11-7-5-9(2)6-8-11;1-4-7-8-9(5-2)6-3/h4-8,12H,1,3H2,2H3;5,8H,2,4,6-7H2,1,3H3/b;9-8+. The molecule has 0 unspecified atom stereocenters. The lowest BCUT2D eigenvalue weighted by molar-refractivity contribution is 0.942. The van der Waals surface area contributed by atoms with Crippen LogP contribution < -0.4 is 5.32 Å². The topological polar surface area (TPSA) is 12.0 Å². The van der Waals surface area contributed by atoms with Gasteiger partial charge in [0, 0.05) is 11.4 Å². The highest BCUT2D eigenvalue weighted by atomic mass is 14.9. The first-order valence-corrected chi connectivity index (χ1v) is 7.53. The molecule has 1 N–H and O–H groups in total. The largest absolute Gasteiger partial charge is 0.356 e. The molecule has 0 fully saturated rings. The van der Waals surface area contributed by atoms with Crippen LogP contribution in [0.3, 0.4) is 0 Å². The molecule has 1 aromatic carbocycles. The Labute approximate surface area is 130 Å². The summed E-state index contributed by atoms with van der Waals surface area (Å²) in [7, 11) is 0. The number of aryl methyl sites for hydroxylation is 1. The number of hydrogen-bond acceptors (Lipinski definition) is 1. The average molecular weight is 283 g/mol. The van der Waals surface area contributed by atoms with E-state index >= 15 is 0 Å². The molecule has 0 heterocycles. The minimum Gasteiger partial charge on any atom is -0.356 e. The lowest BCUT2D eigenvalue weighted by Gasteiger charge is -2.04. The summed E-state index contributed by atoms with van der Waals surface area (Å²) in [5.74, 6) is 0. The summed E-state index contributed by atoms with van der Waals surface area (Å²) in [6, 6.07) is 8.14. The fourth-order valence-electron chi connectivity index (χ4n) is 1.58. The molecule has 0 saturated heterocycles. The molecule has 0 aliphatic carbocycles. The fraction of sp³-hybridized carbons (Fsp3) is 0.300. The number of allylic oxidation sites excluding steroid dienone is 4.